The summed E-state index contributed by atoms with van der Waals surface area (Å²) in [5.74, 6) is -0.231. The smallest absolute Gasteiger partial charge is 0.337 e. The second kappa shape index (κ2) is 6.95. The van der Waals surface area contributed by atoms with Gasteiger partial charge in [0.1, 0.15) is 5.84 Å². The zero-order valence-electron chi connectivity index (χ0n) is 13.2. The van der Waals surface area contributed by atoms with Crippen molar-refractivity contribution in [3.63, 3.8) is 0 Å². The molecule has 4 N–H and O–H groups in total. The Balaban J connectivity index is 2.28. The second-order valence-electron chi connectivity index (χ2n) is 5.23. The highest BCUT2D eigenvalue weighted by atomic mass is 16.5. The van der Waals surface area contributed by atoms with Gasteiger partial charge in [0, 0.05) is 31.2 Å². The van der Waals surface area contributed by atoms with E-state index >= 15 is 0 Å². The number of nitrogens with zero attached hydrogens (tertiary/aromatic N) is 2. The molecular formula is C16H20N4O3. The quantitative estimate of drug-likeness (QED) is 0.489. The molecule has 1 aliphatic rings. The van der Waals surface area contributed by atoms with E-state index in [-0.39, 0.29) is 11.7 Å². The third-order valence-corrected chi connectivity index (χ3v) is 3.66. The van der Waals surface area contributed by atoms with Crippen molar-refractivity contribution in [3.8, 4) is 0 Å². The van der Waals surface area contributed by atoms with Crippen LogP contribution in [-0.2, 0) is 9.53 Å². The largest absolute Gasteiger partial charge is 0.465 e. The highest BCUT2D eigenvalue weighted by Gasteiger charge is 2.21. The first kappa shape index (κ1) is 16.5. The van der Waals surface area contributed by atoms with Gasteiger partial charge in [-0.25, -0.2) is 9.79 Å². The average molecular weight is 316 g/mol. The van der Waals surface area contributed by atoms with Gasteiger partial charge in [0.15, 0.2) is 0 Å². The third kappa shape index (κ3) is 3.88. The number of esters is 1. The number of benzene rings is 1. The maximum Gasteiger partial charge on any atom is 0.337 e. The molecule has 0 atom stereocenters. The molecule has 23 heavy (non-hydrogen) atoms. The molecule has 0 unspecified atom stereocenters. The van der Waals surface area contributed by atoms with E-state index in [1.807, 2.05) is 0 Å². The van der Waals surface area contributed by atoms with E-state index in [2.05, 4.69) is 9.73 Å². The number of hydrogen-bond donors (Lipinski definition) is 2. The van der Waals surface area contributed by atoms with Crippen LogP contribution in [0.1, 0.15) is 23.7 Å². The first-order valence-corrected chi connectivity index (χ1v) is 7.18. The molecule has 0 spiro atoms. The normalized spacial score (nSPS) is 15.6. The van der Waals surface area contributed by atoms with E-state index in [0.717, 1.165) is 0 Å². The minimum atomic E-state index is -0.445. The summed E-state index contributed by atoms with van der Waals surface area (Å²) in [6, 6.07) is 6.63. The molecule has 1 aromatic rings. The molecule has 1 aliphatic heterocycles. The van der Waals surface area contributed by atoms with E-state index in [4.69, 9.17) is 11.5 Å². The lowest BCUT2D eigenvalue weighted by Gasteiger charge is -2.28. The van der Waals surface area contributed by atoms with Gasteiger partial charge >= 0.3 is 5.97 Å². The van der Waals surface area contributed by atoms with Gasteiger partial charge < -0.3 is 21.1 Å². The van der Waals surface area contributed by atoms with Crippen molar-refractivity contribution in [2.75, 3.05) is 20.2 Å². The average Bonchev–Trinajstić information content (AvgIpc) is 2.54. The fourth-order valence-corrected chi connectivity index (χ4v) is 2.32. The van der Waals surface area contributed by atoms with E-state index in [9.17, 15) is 9.59 Å². The van der Waals surface area contributed by atoms with Gasteiger partial charge in [0.25, 0.3) is 0 Å². The number of carbonyl (C=O) groups is 2. The molecule has 1 aromatic carbocycles. The zero-order chi connectivity index (χ0) is 17.0. The third-order valence-electron chi connectivity index (χ3n) is 3.66. The van der Waals surface area contributed by atoms with Gasteiger partial charge in [-0.2, -0.15) is 0 Å². The van der Waals surface area contributed by atoms with Crippen LogP contribution in [0, 0.1) is 0 Å². The number of amidine groups is 1. The van der Waals surface area contributed by atoms with E-state index in [1.165, 1.54) is 14.0 Å². The minimum Gasteiger partial charge on any atom is -0.465 e. The van der Waals surface area contributed by atoms with Gasteiger partial charge in [-0.15, -0.1) is 0 Å². The van der Waals surface area contributed by atoms with Crippen LogP contribution in [0.4, 0.5) is 5.69 Å². The molecule has 0 saturated heterocycles. The van der Waals surface area contributed by atoms with Crippen molar-refractivity contribution in [3.05, 3.63) is 41.1 Å². The van der Waals surface area contributed by atoms with Crippen LogP contribution in [0.3, 0.4) is 0 Å². The molecule has 2 rings (SSSR count). The van der Waals surface area contributed by atoms with Gasteiger partial charge in [-0.05, 0) is 18.2 Å². The molecule has 1 heterocycles. The van der Waals surface area contributed by atoms with Crippen molar-refractivity contribution in [1.82, 2.24) is 4.90 Å². The monoisotopic (exact) mass is 316 g/mol. The fraction of sp³-hybridized carbons (Fsp3) is 0.312. The summed E-state index contributed by atoms with van der Waals surface area (Å²) in [5, 5.41) is 0. The molecule has 0 bridgehead atoms. The summed E-state index contributed by atoms with van der Waals surface area (Å²) in [6.45, 7) is 2.43. The molecule has 0 radical (unpaired) electrons. The number of hydrogen-bond acceptors (Lipinski definition) is 5. The van der Waals surface area contributed by atoms with Crippen molar-refractivity contribution in [1.29, 1.82) is 0 Å². The zero-order valence-corrected chi connectivity index (χ0v) is 13.2. The Morgan fingerprint density at radius 1 is 1.35 bits per heavy atom. The molecule has 7 heteroatoms. The van der Waals surface area contributed by atoms with E-state index in [1.54, 1.807) is 29.2 Å². The topological polar surface area (TPSA) is 111 Å². The first-order valence-electron chi connectivity index (χ1n) is 7.18. The van der Waals surface area contributed by atoms with Crippen molar-refractivity contribution < 1.29 is 14.3 Å². The molecule has 7 nitrogen and oxygen atoms in total. The lowest BCUT2D eigenvalue weighted by Crippen LogP contribution is -2.40. The molecular weight excluding hydrogens is 296 g/mol. The summed E-state index contributed by atoms with van der Waals surface area (Å²) in [5.41, 5.74) is 14.2. The summed E-state index contributed by atoms with van der Waals surface area (Å²) >= 11 is 0. The molecule has 122 valence electrons. The Morgan fingerprint density at radius 3 is 2.74 bits per heavy atom. The van der Waals surface area contributed by atoms with Gasteiger partial charge in [-0.1, -0.05) is 6.07 Å². The van der Waals surface area contributed by atoms with Gasteiger partial charge in [0.2, 0.25) is 5.91 Å². The summed E-state index contributed by atoms with van der Waals surface area (Å²) in [7, 11) is 1.32. The van der Waals surface area contributed by atoms with E-state index in [0.29, 0.717) is 42.0 Å². The van der Waals surface area contributed by atoms with Gasteiger partial charge in [-0.3, -0.25) is 4.79 Å². The Bertz CT molecular complexity index is 694. The molecule has 1 amide bonds. The summed E-state index contributed by atoms with van der Waals surface area (Å²) < 4.78 is 4.68. The minimum absolute atomic E-state index is 0.0320. The Labute approximate surface area is 134 Å². The van der Waals surface area contributed by atoms with Gasteiger partial charge in [0.05, 0.1) is 24.9 Å². The molecule has 0 saturated carbocycles. The van der Waals surface area contributed by atoms with E-state index < -0.39 is 5.97 Å². The second-order valence-corrected chi connectivity index (χ2v) is 5.23. The van der Waals surface area contributed by atoms with Crippen LogP contribution >= 0.6 is 0 Å². The van der Waals surface area contributed by atoms with Crippen LogP contribution in [0.5, 0.6) is 0 Å². The van der Waals surface area contributed by atoms with Crippen LogP contribution in [0.2, 0.25) is 0 Å². The van der Waals surface area contributed by atoms with Crippen molar-refractivity contribution in [2.24, 2.45) is 16.5 Å². The first-order chi connectivity index (χ1) is 10.9. The van der Waals surface area contributed by atoms with Crippen molar-refractivity contribution >= 4 is 23.4 Å². The maximum absolute atomic E-state index is 11.5. The van der Waals surface area contributed by atoms with Crippen LogP contribution in [0.15, 0.2) is 40.5 Å². The van der Waals surface area contributed by atoms with Crippen LogP contribution < -0.4 is 11.5 Å². The number of methoxy groups -OCH3 is 1. The molecule has 0 fully saturated rings. The van der Waals surface area contributed by atoms with Crippen LogP contribution in [0.25, 0.3) is 0 Å². The number of carbonyl (C=O) groups excluding carboxylic acids is 2. The summed E-state index contributed by atoms with van der Waals surface area (Å²) in [4.78, 5) is 29.0. The maximum atomic E-state index is 11.5. The number of rotatable bonds is 3. The Kier molecular flexibility index (Phi) is 5.00. The van der Waals surface area contributed by atoms with Crippen LogP contribution in [-0.4, -0.2) is 42.8 Å². The predicted octanol–water partition coefficient (Wildman–Crippen LogP) is 0.927. The van der Waals surface area contributed by atoms with Crippen molar-refractivity contribution in [2.45, 2.75) is 13.3 Å². The number of aliphatic imine (C=N–C) groups is 1. The highest BCUT2D eigenvalue weighted by Crippen LogP contribution is 2.19. The number of ether oxygens (including phenoxy) is 1. The number of amides is 1. The standard InChI is InChI=1S/C16H20N4O3/c1-10(21)20-7-6-14(17)13(9-20)15(18)19-12-5-3-4-11(8-12)16(22)23-2/h3-5,8H,6-7,9,17H2,1-2H3,(H2,18,19). The molecule has 0 aliphatic carbocycles. The lowest BCUT2D eigenvalue weighted by atomic mass is 10.1. The molecule has 0 aromatic heterocycles. The fourth-order valence-electron chi connectivity index (χ4n) is 2.32. The number of nitrogens with two attached hydrogens (primary N) is 2. The lowest BCUT2D eigenvalue weighted by molar-refractivity contribution is -0.128. The highest BCUT2D eigenvalue weighted by molar-refractivity contribution is 6.00. The Hall–Kier alpha value is -2.83. The summed E-state index contributed by atoms with van der Waals surface area (Å²) in [6.07, 6.45) is 0.563. The SMILES string of the molecule is COC(=O)c1cccc(N=C(N)C2=C(N)CCN(C(C)=O)C2)c1. The predicted molar refractivity (Wildman–Crippen MR) is 87.1 cm³/mol. The Morgan fingerprint density at radius 2 is 2.09 bits per heavy atom.